The molecule has 2 aromatic rings. The molecule has 1 N–H and O–H groups in total. The summed E-state index contributed by atoms with van der Waals surface area (Å²) in [6.45, 7) is 8.66. The maximum Gasteiger partial charge on any atom is 0.0399 e. The molecule has 2 heteroatoms. The van der Waals surface area contributed by atoms with Gasteiger partial charge in [-0.25, -0.2) is 0 Å². The lowest BCUT2D eigenvalue weighted by Gasteiger charge is -2.19. The smallest absolute Gasteiger partial charge is 0.0399 e. The molecule has 0 radical (unpaired) electrons. The van der Waals surface area contributed by atoms with Gasteiger partial charge in [-0.15, -0.1) is 0 Å². The van der Waals surface area contributed by atoms with Crippen molar-refractivity contribution in [1.29, 1.82) is 0 Å². The molecule has 0 aliphatic rings. The molecule has 1 atom stereocenters. The van der Waals surface area contributed by atoms with Crippen LogP contribution in [0.5, 0.6) is 0 Å². The Bertz CT molecular complexity index is 520. The van der Waals surface area contributed by atoms with Crippen molar-refractivity contribution in [1.82, 2.24) is 4.68 Å². The summed E-state index contributed by atoms with van der Waals surface area (Å²) < 4.78 is 2.18. The molecule has 1 aromatic carbocycles. The van der Waals surface area contributed by atoms with Crippen LogP contribution in [0.25, 0.3) is 0 Å². The van der Waals surface area contributed by atoms with E-state index >= 15 is 0 Å². The van der Waals surface area contributed by atoms with Gasteiger partial charge in [-0.2, -0.15) is 0 Å². The third kappa shape index (κ3) is 3.63. The summed E-state index contributed by atoms with van der Waals surface area (Å²) in [5.74, 6) is 0. The molecular formula is C17H24N2. The molecule has 2 rings (SSSR count). The van der Waals surface area contributed by atoms with Crippen LogP contribution < -0.4 is 5.43 Å². The van der Waals surface area contributed by atoms with Gasteiger partial charge in [0, 0.05) is 17.4 Å². The predicted octanol–water partition coefficient (Wildman–Crippen LogP) is 3.98. The lowest BCUT2D eigenvalue weighted by atomic mass is 10.0. The van der Waals surface area contributed by atoms with Gasteiger partial charge in [0.2, 0.25) is 0 Å². The SMILES string of the molecule is Cc1cccc(CCC(C)Nn2c(C)ccc2C)c1. The molecule has 0 amide bonds. The van der Waals surface area contributed by atoms with Gasteiger partial charge in [0.15, 0.2) is 0 Å². The van der Waals surface area contributed by atoms with Gasteiger partial charge < -0.3 is 5.43 Å². The minimum atomic E-state index is 0.463. The van der Waals surface area contributed by atoms with Gasteiger partial charge in [0.25, 0.3) is 0 Å². The molecule has 19 heavy (non-hydrogen) atoms. The lowest BCUT2D eigenvalue weighted by molar-refractivity contribution is 0.619. The lowest BCUT2D eigenvalue weighted by Crippen LogP contribution is -2.27. The van der Waals surface area contributed by atoms with E-state index in [1.807, 2.05) is 0 Å². The first kappa shape index (κ1) is 13.7. The molecule has 0 aliphatic heterocycles. The highest BCUT2D eigenvalue weighted by molar-refractivity contribution is 5.22. The van der Waals surface area contributed by atoms with Crippen molar-refractivity contribution in [3.63, 3.8) is 0 Å². The zero-order valence-electron chi connectivity index (χ0n) is 12.4. The third-order valence-corrected chi connectivity index (χ3v) is 3.57. The van der Waals surface area contributed by atoms with Crippen LogP contribution in [0.2, 0.25) is 0 Å². The number of rotatable bonds is 5. The van der Waals surface area contributed by atoms with Gasteiger partial charge in [0.1, 0.15) is 0 Å². The number of benzene rings is 1. The normalized spacial score (nSPS) is 12.4. The van der Waals surface area contributed by atoms with E-state index < -0.39 is 0 Å². The summed E-state index contributed by atoms with van der Waals surface area (Å²) in [6, 6.07) is 13.5. The molecular weight excluding hydrogens is 232 g/mol. The number of aryl methyl sites for hydroxylation is 4. The first-order valence-corrected chi connectivity index (χ1v) is 7.03. The van der Waals surface area contributed by atoms with Crippen LogP contribution in [0.15, 0.2) is 36.4 Å². The standard InChI is InChI=1S/C17H24N2/c1-13-6-5-7-17(12-13)11-8-14(2)18-19-15(3)9-10-16(19)4/h5-7,9-10,12,14,18H,8,11H2,1-4H3. The molecule has 102 valence electrons. The third-order valence-electron chi connectivity index (χ3n) is 3.57. The number of hydrogen-bond acceptors (Lipinski definition) is 1. The predicted molar refractivity (Wildman–Crippen MR) is 82.2 cm³/mol. The van der Waals surface area contributed by atoms with Crippen LogP contribution in [0, 0.1) is 20.8 Å². The fourth-order valence-electron chi connectivity index (χ4n) is 2.41. The monoisotopic (exact) mass is 256 g/mol. The van der Waals surface area contributed by atoms with Crippen LogP contribution in [0.3, 0.4) is 0 Å². The fraction of sp³-hybridized carbons (Fsp3) is 0.412. The van der Waals surface area contributed by atoms with Crippen molar-refractivity contribution in [2.45, 2.75) is 46.6 Å². The fourth-order valence-corrected chi connectivity index (χ4v) is 2.41. The van der Waals surface area contributed by atoms with E-state index in [9.17, 15) is 0 Å². The summed E-state index contributed by atoms with van der Waals surface area (Å²) in [7, 11) is 0. The van der Waals surface area contributed by atoms with Crippen molar-refractivity contribution in [2.24, 2.45) is 0 Å². The second kappa shape index (κ2) is 5.96. The summed E-state index contributed by atoms with van der Waals surface area (Å²) in [4.78, 5) is 0. The average molecular weight is 256 g/mol. The van der Waals surface area contributed by atoms with Crippen LogP contribution in [-0.2, 0) is 6.42 Å². The number of nitrogens with zero attached hydrogens (tertiary/aromatic N) is 1. The van der Waals surface area contributed by atoms with E-state index in [-0.39, 0.29) is 0 Å². The Balaban J connectivity index is 1.90. The summed E-state index contributed by atoms with van der Waals surface area (Å²) >= 11 is 0. The second-order valence-corrected chi connectivity index (χ2v) is 5.51. The summed E-state index contributed by atoms with van der Waals surface area (Å²) in [5.41, 5.74) is 8.86. The minimum Gasteiger partial charge on any atom is -0.323 e. The van der Waals surface area contributed by atoms with Crippen molar-refractivity contribution >= 4 is 0 Å². The van der Waals surface area contributed by atoms with Gasteiger partial charge in [-0.3, -0.25) is 4.68 Å². The van der Waals surface area contributed by atoms with Crippen LogP contribution in [0.4, 0.5) is 0 Å². The average Bonchev–Trinajstić information content (AvgIpc) is 2.68. The van der Waals surface area contributed by atoms with Crippen LogP contribution >= 0.6 is 0 Å². The first-order valence-electron chi connectivity index (χ1n) is 7.03. The van der Waals surface area contributed by atoms with E-state index in [1.54, 1.807) is 0 Å². The molecule has 0 saturated carbocycles. The highest BCUT2D eigenvalue weighted by atomic mass is 15.4. The molecule has 0 spiro atoms. The molecule has 0 bridgehead atoms. The summed E-state index contributed by atoms with van der Waals surface area (Å²) in [6.07, 6.45) is 2.26. The van der Waals surface area contributed by atoms with Crippen LogP contribution in [-0.4, -0.2) is 10.7 Å². The van der Waals surface area contributed by atoms with Crippen molar-refractivity contribution in [3.05, 3.63) is 58.9 Å². The van der Waals surface area contributed by atoms with Crippen LogP contribution in [0.1, 0.15) is 35.9 Å². The highest BCUT2D eigenvalue weighted by Gasteiger charge is 2.06. The number of hydrogen-bond donors (Lipinski definition) is 1. The molecule has 2 nitrogen and oxygen atoms in total. The van der Waals surface area contributed by atoms with Gasteiger partial charge in [-0.05, 0) is 58.2 Å². The largest absolute Gasteiger partial charge is 0.323 e. The second-order valence-electron chi connectivity index (χ2n) is 5.51. The van der Waals surface area contributed by atoms with Gasteiger partial charge in [0.05, 0.1) is 0 Å². The van der Waals surface area contributed by atoms with E-state index in [1.165, 1.54) is 22.5 Å². The molecule has 1 aromatic heterocycles. The van der Waals surface area contributed by atoms with E-state index in [0.29, 0.717) is 6.04 Å². The Morgan fingerprint density at radius 1 is 1.05 bits per heavy atom. The van der Waals surface area contributed by atoms with Gasteiger partial charge in [-0.1, -0.05) is 29.8 Å². The molecule has 0 aliphatic carbocycles. The van der Waals surface area contributed by atoms with E-state index in [4.69, 9.17) is 0 Å². The maximum atomic E-state index is 3.56. The van der Waals surface area contributed by atoms with Crippen molar-refractivity contribution in [2.75, 3.05) is 5.43 Å². The Morgan fingerprint density at radius 2 is 1.74 bits per heavy atom. The quantitative estimate of drug-likeness (QED) is 0.856. The van der Waals surface area contributed by atoms with Gasteiger partial charge >= 0.3 is 0 Å². The van der Waals surface area contributed by atoms with E-state index in [2.05, 4.69) is 74.2 Å². The maximum absolute atomic E-state index is 3.56. The zero-order valence-corrected chi connectivity index (χ0v) is 12.4. The van der Waals surface area contributed by atoms with Crippen molar-refractivity contribution < 1.29 is 0 Å². The molecule has 0 fully saturated rings. The van der Waals surface area contributed by atoms with E-state index in [0.717, 1.165) is 12.8 Å². The number of aromatic nitrogens is 1. The molecule has 0 saturated heterocycles. The zero-order chi connectivity index (χ0) is 13.8. The Morgan fingerprint density at radius 3 is 2.37 bits per heavy atom. The molecule has 1 heterocycles. The first-order chi connectivity index (χ1) is 9.06. The summed E-state index contributed by atoms with van der Waals surface area (Å²) in [5, 5.41) is 0. The Labute approximate surface area is 116 Å². The topological polar surface area (TPSA) is 17.0 Å². The number of nitrogens with one attached hydrogen (secondary N) is 1. The molecule has 1 unspecified atom stereocenters. The highest BCUT2D eigenvalue weighted by Crippen LogP contribution is 2.10. The minimum absolute atomic E-state index is 0.463. The van der Waals surface area contributed by atoms with Crippen molar-refractivity contribution in [3.8, 4) is 0 Å². The Hall–Kier alpha value is -1.70. The Kier molecular flexibility index (Phi) is 4.31.